The van der Waals surface area contributed by atoms with Gasteiger partial charge in [0.1, 0.15) is 0 Å². The van der Waals surface area contributed by atoms with E-state index in [1.165, 1.54) is 13.2 Å². The van der Waals surface area contributed by atoms with E-state index in [1.54, 1.807) is 16.8 Å². The SMILES string of the molecule is COc1ccc(-n2nc(C)c(CN)c2C)cc1[N+](=O)[O-]. The Hall–Kier alpha value is -2.41. The highest BCUT2D eigenvalue weighted by Crippen LogP contribution is 2.29. The van der Waals surface area contributed by atoms with Crippen LogP contribution >= 0.6 is 0 Å². The molecule has 7 heteroatoms. The summed E-state index contributed by atoms with van der Waals surface area (Å²) in [6, 6.07) is 4.73. The molecule has 0 aliphatic rings. The van der Waals surface area contributed by atoms with Gasteiger partial charge in [-0.3, -0.25) is 10.1 Å². The number of nitrogens with two attached hydrogens (primary N) is 1. The van der Waals surface area contributed by atoms with Gasteiger partial charge in [-0.15, -0.1) is 0 Å². The molecule has 0 saturated carbocycles. The molecule has 2 rings (SSSR count). The van der Waals surface area contributed by atoms with Gasteiger partial charge in [0.15, 0.2) is 5.75 Å². The van der Waals surface area contributed by atoms with Crippen molar-refractivity contribution >= 4 is 5.69 Å². The summed E-state index contributed by atoms with van der Waals surface area (Å²) >= 11 is 0. The molecule has 0 amide bonds. The van der Waals surface area contributed by atoms with Crippen LogP contribution in [0, 0.1) is 24.0 Å². The zero-order chi connectivity index (χ0) is 14.9. The van der Waals surface area contributed by atoms with Crippen LogP contribution in [0.1, 0.15) is 17.0 Å². The quantitative estimate of drug-likeness (QED) is 0.679. The standard InChI is InChI=1S/C13H16N4O3/c1-8-11(7-14)9(2)16(15-8)10-4-5-13(20-3)12(6-10)17(18)19/h4-6H,7,14H2,1-3H3. The predicted octanol–water partition coefficient (Wildman–Crippen LogP) is 1.86. The second kappa shape index (κ2) is 5.30. The molecule has 0 saturated heterocycles. The van der Waals surface area contributed by atoms with Crippen LogP contribution in [0.2, 0.25) is 0 Å². The molecule has 1 aromatic heterocycles. The van der Waals surface area contributed by atoms with Gasteiger partial charge >= 0.3 is 5.69 Å². The first-order chi connectivity index (χ1) is 9.49. The Morgan fingerprint density at radius 3 is 2.65 bits per heavy atom. The van der Waals surface area contributed by atoms with Gasteiger partial charge in [-0.25, -0.2) is 4.68 Å². The van der Waals surface area contributed by atoms with Crippen molar-refractivity contribution < 1.29 is 9.66 Å². The summed E-state index contributed by atoms with van der Waals surface area (Å²) in [6.07, 6.45) is 0. The minimum absolute atomic E-state index is 0.0909. The molecule has 0 bridgehead atoms. The van der Waals surface area contributed by atoms with Crippen LogP contribution in [0.5, 0.6) is 5.75 Å². The first kappa shape index (κ1) is 14.0. The lowest BCUT2D eigenvalue weighted by atomic mass is 10.2. The van der Waals surface area contributed by atoms with E-state index >= 15 is 0 Å². The van der Waals surface area contributed by atoms with Crippen LogP contribution in [0.3, 0.4) is 0 Å². The number of nitro groups is 1. The van der Waals surface area contributed by atoms with E-state index in [4.69, 9.17) is 10.5 Å². The third kappa shape index (κ3) is 2.23. The highest BCUT2D eigenvalue weighted by molar-refractivity contribution is 5.54. The topological polar surface area (TPSA) is 96.2 Å². The highest BCUT2D eigenvalue weighted by Gasteiger charge is 2.18. The van der Waals surface area contributed by atoms with Gasteiger partial charge in [0.2, 0.25) is 0 Å². The average molecular weight is 276 g/mol. The lowest BCUT2D eigenvalue weighted by Gasteiger charge is -2.07. The van der Waals surface area contributed by atoms with Crippen LogP contribution in [-0.4, -0.2) is 21.8 Å². The van der Waals surface area contributed by atoms with E-state index in [0.29, 0.717) is 12.2 Å². The fourth-order valence-corrected chi connectivity index (χ4v) is 2.17. The van der Waals surface area contributed by atoms with Crippen molar-refractivity contribution in [3.8, 4) is 11.4 Å². The van der Waals surface area contributed by atoms with Crippen molar-refractivity contribution in [2.45, 2.75) is 20.4 Å². The molecule has 0 fully saturated rings. The number of ether oxygens (including phenoxy) is 1. The Labute approximate surface area is 116 Å². The maximum absolute atomic E-state index is 11.1. The van der Waals surface area contributed by atoms with E-state index in [2.05, 4.69) is 5.10 Å². The van der Waals surface area contributed by atoms with Crippen molar-refractivity contribution in [3.63, 3.8) is 0 Å². The second-order valence-electron chi connectivity index (χ2n) is 4.38. The summed E-state index contributed by atoms with van der Waals surface area (Å²) in [4.78, 5) is 10.6. The number of aromatic nitrogens is 2. The van der Waals surface area contributed by atoms with E-state index in [1.807, 2.05) is 13.8 Å². The molecule has 0 spiro atoms. The van der Waals surface area contributed by atoms with Crippen molar-refractivity contribution in [2.75, 3.05) is 7.11 Å². The average Bonchev–Trinajstić information content (AvgIpc) is 2.72. The third-order valence-electron chi connectivity index (χ3n) is 3.25. The lowest BCUT2D eigenvalue weighted by molar-refractivity contribution is -0.385. The molecule has 0 aliphatic heterocycles. The summed E-state index contributed by atoms with van der Waals surface area (Å²) in [5.74, 6) is 0.222. The third-order valence-corrected chi connectivity index (χ3v) is 3.25. The van der Waals surface area contributed by atoms with Crippen molar-refractivity contribution in [1.29, 1.82) is 0 Å². The molecule has 0 atom stereocenters. The van der Waals surface area contributed by atoms with Crippen LogP contribution < -0.4 is 10.5 Å². The Balaban J connectivity index is 2.59. The summed E-state index contributed by atoms with van der Waals surface area (Å²) in [6.45, 7) is 4.14. The summed E-state index contributed by atoms with van der Waals surface area (Å²) in [7, 11) is 1.40. The fourth-order valence-electron chi connectivity index (χ4n) is 2.17. The monoisotopic (exact) mass is 276 g/mol. The number of hydrogen-bond acceptors (Lipinski definition) is 5. The van der Waals surface area contributed by atoms with Gasteiger partial charge in [0.05, 0.1) is 23.4 Å². The lowest BCUT2D eigenvalue weighted by Crippen LogP contribution is -2.03. The number of methoxy groups -OCH3 is 1. The molecule has 20 heavy (non-hydrogen) atoms. The number of aryl methyl sites for hydroxylation is 1. The molecular weight excluding hydrogens is 260 g/mol. The van der Waals surface area contributed by atoms with E-state index in [9.17, 15) is 10.1 Å². The molecule has 1 heterocycles. The number of hydrogen-bond donors (Lipinski definition) is 1. The van der Waals surface area contributed by atoms with Gasteiger partial charge in [0, 0.05) is 23.9 Å². The van der Waals surface area contributed by atoms with E-state index in [0.717, 1.165) is 17.0 Å². The number of rotatable bonds is 4. The Morgan fingerprint density at radius 1 is 1.45 bits per heavy atom. The smallest absolute Gasteiger partial charge is 0.313 e. The zero-order valence-corrected chi connectivity index (χ0v) is 11.6. The van der Waals surface area contributed by atoms with E-state index < -0.39 is 4.92 Å². The van der Waals surface area contributed by atoms with Gasteiger partial charge in [0.25, 0.3) is 0 Å². The van der Waals surface area contributed by atoms with E-state index in [-0.39, 0.29) is 11.4 Å². The molecule has 7 nitrogen and oxygen atoms in total. The molecule has 2 aromatic rings. The van der Waals surface area contributed by atoms with Crippen LogP contribution in [0.4, 0.5) is 5.69 Å². The first-order valence-electron chi connectivity index (χ1n) is 6.07. The largest absolute Gasteiger partial charge is 0.490 e. The minimum atomic E-state index is -0.474. The predicted molar refractivity (Wildman–Crippen MR) is 74.1 cm³/mol. The molecule has 0 radical (unpaired) electrons. The number of nitro benzene ring substituents is 1. The Morgan fingerprint density at radius 2 is 2.15 bits per heavy atom. The van der Waals surface area contributed by atoms with Crippen molar-refractivity contribution in [3.05, 3.63) is 45.3 Å². The molecule has 1 aromatic carbocycles. The Bertz CT molecular complexity index is 664. The number of benzene rings is 1. The van der Waals surface area contributed by atoms with Crippen LogP contribution in [-0.2, 0) is 6.54 Å². The molecule has 0 unspecified atom stereocenters. The first-order valence-corrected chi connectivity index (χ1v) is 6.07. The fraction of sp³-hybridized carbons (Fsp3) is 0.308. The van der Waals surface area contributed by atoms with Crippen LogP contribution in [0.15, 0.2) is 18.2 Å². The number of nitrogens with zero attached hydrogens (tertiary/aromatic N) is 3. The maximum atomic E-state index is 11.1. The molecular formula is C13H16N4O3. The molecule has 106 valence electrons. The Kier molecular flexibility index (Phi) is 3.71. The normalized spacial score (nSPS) is 10.6. The van der Waals surface area contributed by atoms with Gasteiger partial charge in [-0.2, -0.15) is 5.10 Å². The summed E-state index contributed by atoms with van der Waals surface area (Å²) in [5, 5.41) is 15.4. The van der Waals surface area contributed by atoms with Gasteiger partial charge < -0.3 is 10.5 Å². The van der Waals surface area contributed by atoms with Crippen molar-refractivity contribution in [1.82, 2.24) is 9.78 Å². The van der Waals surface area contributed by atoms with Gasteiger partial charge in [-0.1, -0.05) is 0 Å². The van der Waals surface area contributed by atoms with Gasteiger partial charge in [-0.05, 0) is 26.0 Å². The molecule has 0 aliphatic carbocycles. The van der Waals surface area contributed by atoms with Crippen LogP contribution in [0.25, 0.3) is 5.69 Å². The summed E-state index contributed by atoms with van der Waals surface area (Å²) in [5.41, 5.74) is 8.85. The molecule has 2 N–H and O–H groups in total. The zero-order valence-electron chi connectivity index (χ0n) is 11.6. The minimum Gasteiger partial charge on any atom is -0.490 e. The van der Waals surface area contributed by atoms with Crippen molar-refractivity contribution in [2.24, 2.45) is 5.73 Å². The second-order valence-corrected chi connectivity index (χ2v) is 4.38. The summed E-state index contributed by atoms with van der Waals surface area (Å²) < 4.78 is 6.64. The highest BCUT2D eigenvalue weighted by atomic mass is 16.6. The maximum Gasteiger partial charge on any atom is 0.313 e.